The lowest BCUT2D eigenvalue weighted by Gasteiger charge is -2.46. The molecule has 0 bridgehead atoms. The van der Waals surface area contributed by atoms with Crippen molar-refractivity contribution in [1.82, 2.24) is 0 Å². The van der Waals surface area contributed by atoms with Gasteiger partial charge in [0, 0.05) is 11.8 Å². The number of fused-ring (bicyclic) bond motifs is 1. The molecule has 0 spiro atoms. The topological polar surface area (TPSA) is 91.3 Å². The highest BCUT2D eigenvalue weighted by molar-refractivity contribution is 7.92. The summed E-state index contributed by atoms with van der Waals surface area (Å²) in [6.07, 6.45) is 12.6. The number of aliphatic hydroxyl groups is 1. The van der Waals surface area contributed by atoms with Crippen LogP contribution in [0.15, 0.2) is 70.7 Å². The Morgan fingerprint density at radius 1 is 0.915 bits per heavy atom. The van der Waals surface area contributed by atoms with Gasteiger partial charge in [0.15, 0.2) is 32.3 Å². The van der Waals surface area contributed by atoms with Crippen LogP contribution >= 0.6 is 0 Å². The second-order valence-electron chi connectivity index (χ2n) is 22.7. The van der Waals surface area contributed by atoms with E-state index in [1.807, 2.05) is 13.0 Å². The van der Waals surface area contributed by atoms with Crippen molar-refractivity contribution in [3.8, 4) is 0 Å². The second kappa shape index (κ2) is 16.6. The summed E-state index contributed by atoms with van der Waals surface area (Å²) in [6, 6.07) is 8.74. The van der Waals surface area contributed by atoms with Gasteiger partial charge in [-0.2, -0.15) is 0 Å². The van der Waals surface area contributed by atoms with E-state index < -0.39 is 49.0 Å². The highest BCUT2D eigenvalue weighted by atomic mass is 32.2. The lowest BCUT2D eigenvalue weighted by Crippen LogP contribution is -2.49. The first-order chi connectivity index (χ1) is 27.2. The second-order valence-corrected chi connectivity index (χ2v) is 34.4. The fourth-order valence-corrected chi connectivity index (χ4v) is 15.6. The zero-order valence-electron chi connectivity index (χ0n) is 39.1. The highest BCUT2D eigenvalue weighted by Gasteiger charge is 2.63. The smallest absolute Gasteiger partial charge is 0.192 e. The van der Waals surface area contributed by atoms with Gasteiger partial charge in [-0.1, -0.05) is 97.9 Å². The van der Waals surface area contributed by atoms with E-state index in [0.717, 1.165) is 63.4 Å². The van der Waals surface area contributed by atoms with Crippen LogP contribution in [-0.2, 0) is 28.2 Å². The maximum Gasteiger partial charge on any atom is 0.192 e. The Morgan fingerprint density at radius 3 is 2.08 bits per heavy atom. The summed E-state index contributed by atoms with van der Waals surface area (Å²) < 4.78 is 55.8. The van der Waals surface area contributed by atoms with Crippen LogP contribution in [0.5, 0.6) is 0 Å². The van der Waals surface area contributed by atoms with E-state index in [1.165, 1.54) is 11.1 Å². The monoisotopic (exact) mass is 869 g/mol. The number of benzene rings is 1. The molecular formula is C49H80O7SSi2. The molecule has 2 unspecified atom stereocenters. The van der Waals surface area contributed by atoms with E-state index in [1.54, 1.807) is 24.3 Å². The molecule has 1 N–H and O–H groups in total. The summed E-state index contributed by atoms with van der Waals surface area (Å²) in [5.74, 6) is -0.479. The number of sulfone groups is 1. The predicted molar refractivity (Wildman–Crippen MR) is 246 cm³/mol. The molecule has 1 aliphatic heterocycles. The van der Waals surface area contributed by atoms with Gasteiger partial charge in [-0.25, -0.2) is 8.42 Å². The normalized spacial score (nSPS) is 31.9. The molecule has 59 heavy (non-hydrogen) atoms. The van der Waals surface area contributed by atoms with Gasteiger partial charge in [0.05, 0.1) is 41.7 Å². The number of hydrogen-bond donors (Lipinski definition) is 1. The first kappa shape index (κ1) is 47.1. The largest absolute Gasteiger partial charge is 0.413 e. The van der Waals surface area contributed by atoms with Gasteiger partial charge in [0.2, 0.25) is 0 Å². The van der Waals surface area contributed by atoms with Crippen LogP contribution in [0.25, 0.3) is 0 Å². The molecule has 1 aromatic rings. The van der Waals surface area contributed by atoms with Crippen LogP contribution in [0.3, 0.4) is 0 Å². The van der Waals surface area contributed by atoms with Crippen molar-refractivity contribution >= 4 is 26.5 Å². The average Bonchev–Trinajstić information content (AvgIpc) is 3.67. The molecule has 5 aliphatic rings. The molecule has 4 saturated carbocycles. The molecule has 8 atom stereocenters. The third-order valence-electron chi connectivity index (χ3n) is 17.0. The number of rotatable bonds is 13. The van der Waals surface area contributed by atoms with Crippen molar-refractivity contribution in [2.24, 2.45) is 28.6 Å². The molecule has 10 heteroatoms. The maximum atomic E-state index is 14.6. The molecule has 5 fully saturated rings. The van der Waals surface area contributed by atoms with E-state index in [4.69, 9.17) is 24.9 Å². The third-order valence-corrected chi connectivity index (χ3v) is 28.2. The SMILES string of the molecule is C=C1/C(=C\C=C2/CCC[C@]3(C)[C@@H]([C@H](C)C(O)C(CC4(C5(C)OCCO5)CC4)S(=O)(=O)c4ccccc4)CC[C@@H]23)C[C@@H](O[Si](C)(C)C(C)(C)C)C[C@@H]1O[Si](C)(C)C(C)(C)C. The van der Waals surface area contributed by atoms with Crippen LogP contribution in [0.2, 0.25) is 36.3 Å². The summed E-state index contributed by atoms with van der Waals surface area (Å²) in [6.45, 7) is 35.5. The van der Waals surface area contributed by atoms with Crippen molar-refractivity contribution in [2.75, 3.05) is 13.2 Å². The zero-order valence-corrected chi connectivity index (χ0v) is 41.9. The molecule has 0 amide bonds. The zero-order chi connectivity index (χ0) is 43.6. The molecule has 332 valence electrons. The van der Waals surface area contributed by atoms with Crippen LogP contribution in [0.1, 0.15) is 127 Å². The van der Waals surface area contributed by atoms with Gasteiger partial charge in [-0.05, 0) is 147 Å². The number of hydrogen-bond acceptors (Lipinski definition) is 7. The van der Waals surface area contributed by atoms with Gasteiger partial charge in [0.1, 0.15) is 0 Å². The summed E-state index contributed by atoms with van der Waals surface area (Å²) >= 11 is 0. The van der Waals surface area contributed by atoms with Crippen molar-refractivity contribution in [2.45, 2.75) is 197 Å². The van der Waals surface area contributed by atoms with Crippen molar-refractivity contribution in [3.63, 3.8) is 0 Å². The fourth-order valence-electron chi connectivity index (χ4n) is 10.9. The number of ether oxygens (including phenoxy) is 2. The Balaban J connectivity index is 1.27. The van der Waals surface area contributed by atoms with Crippen molar-refractivity contribution < 1.29 is 31.9 Å². The van der Waals surface area contributed by atoms with E-state index in [9.17, 15) is 13.5 Å². The summed E-state index contributed by atoms with van der Waals surface area (Å²) in [4.78, 5) is 0.273. The quantitative estimate of drug-likeness (QED) is 0.197. The van der Waals surface area contributed by atoms with Crippen LogP contribution in [-0.4, -0.2) is 72.7 Å². The Bertz CT molecular complexity index is 1850. The first-order valence-corrected chi connectivity index (χ1v) is 30.2. The minimum atomic E-state index is -3.86. The highest BCUT2D eigenvalue weighted by Crippen LogP contribution is 2.63. The summed E-state index contributed by atoms with van der Waals surface area (Å²) in [5.41, 5.74) is 3.35. The maximum absolute atomic E-state index is 14.6. The molecule has 6 rings (SSSR count). The summed E-state index contributed by atoms with van der Waals surface area (Å²) in [7, 11) is -7.97. The standard InChI is InChI=1S/C49H80O7SSi2/c1-34-37(31-38(55-58(11,12)45(3,4)5)32-42(34)56-59(13,14)46(6,7)8)23-22-36-19-18-26-47(9)40(24-25-41(36)47)35(2)44(50)43(57(51,52)39-20-16-15-17-21-39)33-49(27-28-49)48(10)53-29-30-54-48/h15-17,20-23,35,38,40-44,50H,1,18-19,24-33H2,2-14H3/b36-22+,37-23-/t35-,38+,40+,41-,42-,43?,44?,47+/m0/s1. The van der Waals surface area contributed by atoms with E-state index in [-0.39, 0.29) is 44.4 Å². The summed E-state index contributed by atoms with van der Waals surface area (Å²) in [5, 5.41) is 11.8. The van der Waals surface area contributed by atoms with Gasteiger partial charge < -0.3 is 23.4 Å². The average molecular weight is 869 g/mol. The molecule has 4 aliphatic carbocycles. The Kier molecular flexibility index (Phi) is 13.3. The molecule has 0 radical (unpaired) electrons. The lowest BCUT2D eigenvalue weighted by atomic mass is 9.60. The Morgan fingerprint density at radius 2 is 1.51 bits per heavy atom. The molecule has 0 aromatic heterocycles. The van der Waals surface area contributed by atoms with E-state index in [0.29, 0.717) is 25.6 Å². The van der Waals surface area contributed by atoms with Crippen LogP contribution in [0.4, 0.5) is 0 Å². The molecular weight excluding hydrogens is 789 g/mol. The lowest BCUT2D eigenvalue weighted by molar-refractivity contribution is -0.195. The van der Waals surface area contributed by atoms with Crippen molar-refractivity contribution in [1.29, 1.82) is 0 Å². The van der Waals surface area contributed by atoms with Crippen LogP contribution < -0.4 is 0 Å². The molecule has 1 saturated heterocycles. The van der Waals surface area contributed by atoms with Gasteiger partial charge >= 0.3 is 0 Å². The Hall–Kier alpha value is -1.38. The fraction of sp³-hybridized carbons (Fsp3) is 0.755. The Labute approximate surface area is 361 Å². The van der Waals surface area contributed by atoms with Crippen molar-refractivity contribution in [3.05, 3.63) is 65.8 Å². The third kappa shape index (κ3) is 9.19. The van der Waals surface area contributed by atoms with Crippen LogP contribution in [0, 0.1) is 28.6 Å². The molecule has 1 heterocycles. The van der Waals surface area contributed by atoms with E-state index >= 15 is 0 Å². The first-order valence-electron chi connectivity index (χ1n) is 22.9. The van der Waals surface area contributed by atoms with Gasteiger partial charge in [-0.15, -0.1) is 0 Å². The molecule has 7 nitrogen and oxygen atoms in total. The predicted octanol–water partition coefficient (Wildman–Crippen LogP) is 12.0. The molecule has 1 aromatic carbocycles. The van der Waals surface area contributed by atoms with Gasteiger partial charge in [-0.3, -0.25) is 0 Å². The van der Waals surface area contributed by atoms with E-state index in [2.05, 4.69) is 93.7 Å². The van der Waals surface area contributed by atoms with Gasteiger partial charge in [0.25, 0.3) is 0 Å². The minimum absolute atomic E-state index is 0.0451. The minimum Gasteiger partial charge on any atom is -0.413 e. The number of aliphatic hydroxyl groups excluding tert-OH is 1. The number of allylic oxidation sites excluding steroid dienone is 3.